The van der Waals surface area contributed by atoms with Crippen LogP contribution in [0, 0.1) is 0 Å². The maximum absolute atomic E-state index is 11.2. The molecule has 0 bridgehead atoms. The van der Waals surface area contributed by atoms with Crippen LogP contribution in [-0.4, -0.2) is 12.5 Å². The second-order valence-corrected chi connectivity index (χ2v) is 3.36. The van der Waals surface area contributed by atoms with Gasteiger partial charge in [0.2, 0.25) is 5.91 Å². The lowest BCUT2D eigenvalue weighted by molar-refractivity contribution is -0.116. The molecule has 0 aliphatic carbocycles. The van der Waals surface area contributed by atoms with E-state index in [-0.39, 0.29) is 5.91 Å². The zero-order valence-electron chi connectivity index (χ0n) is 8.24. The molecule has 1 N–H and O–H groups in total. The predicted molar refractivity (Wildman–Crippen MR) is 63.7 cm³/mol. The van der Waals surface area contributed by atoms with Gasteiger partial charge in [-0.15, -0.1) is 6.58 Å². The van der Waals surface area contributed by atoms with Crippen LogP contribution in [0.1, 0.15) is 5.56 Å². The van der Waals surface area contributed by atoms with Crippen molar-refractivity contribution in [3.05, 3.63) is 53.6 Å². The Morgan fingerprint density at radius 1 is 1.40 bits per heavy atom. The summed E-state index contributed by atoms with van der Waals surface area (Å²) in [6.07, 6.45) is 4.84. The Bertz CT molecular complexity index is 368. The van der Waals surface area contributed by atoms with E-state index in [1.165, 1.54) is 6.08 Å². The largest absolute Gasteiger partial charge is 0.349 e. The van der Waals surface area contributed by atoms with Gasteiger partial charge in [-0.25, -0.2) is 0 Å². The molecule has 0 saturated carbocycles. The van der Waals surface area contributed by atoms with Crippen molar-refractivity contribution in [3.63, 3.8) is 0 Å². The first kappa shape index (κ1) is 11.5. The molecule has 15 heavy (non-hydrogen) atoms. The van der Waals surface area contributed by atoms with Crippen LogP contribution in [0.15, 0.2) is 43.0 Å². The van der Waals surface area contributed by atoms with Crippen molar-refractivity contribution < 1.29 is 4.79 Å². The fraction of sp³-hybridized carbons (Fsp3) is 0.0833. The van der Waals surface area contributed by atoms with Gasteiger partial charge < -0.3 is 5.32 Å². The van der Waals surface area contributed by atoms with E-state index >= 15 is 0 Å². The molecule has 0 saturated heterocycles. The minimum atomic E-state index is -0.134. The minimum absolute atomic E-state index is 0.134. The summed E-state index contributed by atoms with van der Waals surface area (Å²) in [7, 11) is 0. The highest BCUT2D eigenvalue weighted by Gasteiger charge is 1.92. The van der Waals surface area contributed by atoms with Crippen LogP contribution in [0.25, 0.3) is 6.08 Å². The average molecular weight is 222 g/mol. The third kappa shape index (κ3) is 4.47. The van der Waals surface area contributed by atoms with Crippen molar-refractivity contribution in [2.24, 2.45) is 0 Å². The summed E-state index contributed by atoms with van der Waals surface area (Å²) < 4.78 is 0. The van der Waals surface area contributed by atoms with Gasteiger partial charge in [0.15, 0.2) is 0 Å². The number of carbonyl (C=O) groups is 1. The fourth-order valence-electron chi connectivity index (χ4n) is 0.977. The summed E-state index contributed by atoms with van der Waals surface area (Å²) in [5.41, 5.74) is 0.938. The highest BCUT2D eigenvalue weighted by molar-refractivity contribution is 6.30. The smallest absolute Gasteiger partial charge is 0.244 e. The summed E-state index contributed by atoms with van der Waals surface area (Å²) in [4.78, 5) is 11.2. The molecule has 0 unspecified atom stereocenters. The first-order valence-corrected chi connectivity index (χ1v) is 4.92. The standard InChI is InChI=1S/C12H12ClNO/c1-2-9-14-12(15)8-5-10-3-6-11(13)7-4-10/h2-8H,1,9H2,(H,14,15)/b8-5+. The van der Waals surface area contributed by atoms with Crippen molar-refractivity contribution in [2.45, 2.75) is 0 Å². The van der Waals surface area contributed by atoms with E-state index in [2.05, 4.69) is 11.9 Å². The van der Waals surface area contributed by atoms with E-state index in [0.29, 0.717) is 11.6 Å². The molecule has 78 valence electrons. The summed E-state index contributed by atoms with van der Waals surface area (Å²) in [6, 6.07) is 7.25. The van der Waals surface area contributed by atoms with Crippen molar-refractivity contribution >= 4 is 23.6 Å². The van der Waals surface area contributed by atoms with E-state index in [4.69, 9.17) is 11.6 Å². The monoisotopic (exact) mass is 221 g/mol. The van der Waals surface area contributed by atoms with Gasteiger partial charge in [0.25, 0.3) is 0 Å². The van der Waals surface area contributed by atoms with Gasteiger partial charge in [0.1, 0.15) is 0 Å². The Hall–Kier alpha value is -1.54. The maximum atomic E-state index is 11.2. The molecule has 0 fully saturated rings. The first-order chi connectivity index (χ1) is 7.22. The second kappa shape index (κ2) is 6.04. The zero-order valence-corrected chi connectivity index (χ0v) is 9.00. The van der Waals surface area contributed by atoms with E-state index in [9.17, 15) is 4.79 Å². The van der Waals surface area contributed by atoms with Crippen LogP contribution in [0.3, 0.4) is 0 Å². The molecule has 1 aromatic rings. The van der Waals surface area contributed by atoms with Gasteiger partial charge in [-0.05, 0) is 23.8 Å². The van der Waals surface area contributed by atoms with Crippen molar-refractivity contribution in [2.75, 3.05) is 6.54 Å². The van der Waals surface area contributed by atoms with Crippen LogP contribution in [0.2, 0.25) is 5.02 Å². The van der Waals surface area contributed by atoms with E-state index in [0.717, 1.165) is 5.56 Å². The molecule has 0 aliphatic rings. The molecular formula is C12H12ClNO. The number of hydrogen-bond donors (Lipinski definition) is 1. The van der Waals surface area contributed by atoms with Gasteiger partial charge in [-0.3, -0.25) is 4.79 Å². The molecule has 3 heteroatoms. The topological polar surface area (TPSA) is 29.1 Å². The van der Waals surface area contributed by atoms with E-state index in [1.54, 1.807) is 24.3 Å². The lowest BCUT2D eigenvalue weighted by atomic mass is 10.2. The highest BCUT2D eigenvalue weighted by Crippen LogP contribution is 2.10. The van der Waals surface area contributed by atoms with Crippen LogP contribution in [-0.2, 0) is 4.79 Å². The summed E-state index contributed by atoms with van der Waals surface area (Å²) in [6.45, 7) is 3.98. The Balaban J connectivity index is 2.53. The fourth-order valence-corrected chi connectivity index (χ4v) is 1.10. The van der Waals surface area contributed by atoms with Gasteiger partial charge in [0.05, 0.1) is 0 Å². The highest BCUT2D eigenvalue weighted by atomic mass is 35.5. The third-order valence-electron chi connectivity index (χ3n) is 1.72. The molecule has 1 aromatic carbocycles. The number of amides is 1. The van der Waals surface area contributed by atoms with Crippen molar-refractivity contribution in [3.8, 4) is 0 Å². The lowest BCUT2D eigenvalue weighted by Crippen LogP contribution is -2.20. The number of rotatable bonds is 4. The normalized spacial score (nSPS) is 10.2. The van der Waals surface area contributed by atoms with Gasteiger partial charge in [-0.2, -0.15) is 0 Å². The predicted octanol–water partition coefficient (Wildman–Crippen LogP) is 2.66. The Kier molecular flexibility index (Phi) is 4.64. The summed E-state index contributed by atoms with van der Waals surface area (Å²) in [5.74, 6) is -0.134. The van der Waals surface area contributed by atoms with Gasteiger partial charge in [-0.1, -0.05) is 29.8 Å². The molecule has 2 nitrogen and oxygen atoms in total. The molecule has 0 aliphatic heterocycles. The number of halogens is 1. The number of nitrogens with one attached hydrogen (secondary N) is 1. The molecule has 0 heterocycles. The van der Waals surface area contributed by atoms with Crippen LogP contribution < -0.4 is 5.32 Å². The molecule has 0 aromatic heterocycles. The molecule has 1 rings (SSSR count). The second-order valence-electron chi connectivity index (χ2n) is 2.92. The van der Waals surface area contributed by atoms with E-state index < -0.39 is 0 Å². The SMILES string of the molecule is C=CCNC(=O)/C=C/c1ccc(Cl)cc1. The van der Waals surface area contributed by atoms with Gasteiger partial charge >= 0.3 is 0 Å². The minimum Gasteiger partial charge on any atom is -0.349 e. The average Bonchev–Trinajstić information content (AvgIpc) is 2.25. The summed E-state index contributed by atoms with van der Waals surface area (Å²) in [5, 5.41) is 3.33. The van der Waals surface area contributed by atoms with E-state index in [1.807, 2.05) is 12.1 Å². The van der Waals surface area contributed by atoms with Crippen LogP contribution in [0.4, 0.5) is 0 Å². The van der Waals surface area contributed by atoms with Crippen molar-refractivity contribution in [1.29, 1.82) is 0 Å². The Morgan fingerprint density at radius 3 is 2.67 bits per heavy atom. The molecule has 1 amide bonds. The number of carbonyl (C=O) groups excluding carboxylic acids is 1. The van der Waals surface area contributed by atoms with Gasteiger partial charge in [0, 0.05) is 17.6 Å². The number of hydrogen-bond acceptors (Lipinski definition) is 1. The summed E-state index contributed by atoms with van der Waals surface area (Å²) >= 11 is 5.73. The van der Waals surface area contributed by atoms with Crippen LogP contribution in [0.5, 0.6) is 0 Å². The molecule has 0 atom stereocenters. The number of benzene rings is 1. The quantitative estimate of drug-likeness (QED) is 0.615. The molecular weight excluding hydrogens is 210 g/mol. The lowest BCUT2D eigenvalue weighted by Gasteiger charge is -1.96. The Morgan fingerprint density at radius 2 is 2.07 bits per heavy atom. The molecule has 0 radical (unpaired) electrons. The third-order valence-corrected chi connectivity index (χ3v) is 1.97. The van der Waals surface area contributed by atoms with Crippen molar-refractivity contribution in [1.82, 2.24) is 5.32 Å². The zero-order chi connectivity index (χ0) is 11.1. The first-order valence-electron chi connectivity index (χ1n) is 4.55. The van der Waals surface area contributed by atoms with Crippen LogP contribution >= 0.6 is 11.6 Å². The molecule has 0 spiro atoms. The Labute approximate surface area is 94.3 Å². The maximum Gasteiger partial charge on any atom is 0.244 e.